The first-order chi connectivity index (χ1) is 12.6. The van der Waals surface area contributed by atoms with Gasteiger partial charge in [0.1, 0.15) is 12.1 Å². The number of carbonyl (C=O) groups excluding carboxylic acids is 1. The number of nitrogens with one attached hydrogen (secondary N) is 1. The molecular formula is C16H13F5N2O4. The highest BCUT2D eigenvalue weighted by atomic mass is 19.4. The summed E-state index contributed by atoms with van der Waals surface area (Å²) in [7, 11) is 1.23. The van der Waals surface area contributed by atoms with Gasteiger partial charge >= 0.3 is 12.8 Å². The number of benzene rings is 1. The van der Waals surface area contributed by atoms with E-state index in [4.69, 9.17) is 4.74 Å². The zero-order chi connectivity index (χ0) is 20.2. The predicted octanol–water partition coefficient (Wildman–Crippen LogP) is 3.12. The van der Waals surface area contributed by atoms with E-state index < -0.39 is 36.4 Å². The monoisotopic (exact) mass is 392 g/mol. The van der Waals surface area contributed by atoms with Gasteiger partial charge < -0.3 is 19.4 Å². The molecule has 0 saturated carbocycles. The third kappa shape index (κ3) is 5.19. The van der Waals surface area contributed by atoms with Crippen LogP contribution in [0, 0.1) is 0 Å². The van der Waals surface area contributed by atoms with Crippen LogP contribution in [0.3, 0.4) is 0 Å². The van der Waals surface area contributed by atoms with Crippen molar-refractivity contribution in [1.29, 1.82) is 0 Å². The summed E-state index contributed by atoms with van der Waals surface area (Å²) in [5, 5.41) is 2.28. The maximum Gasteiger partial charge on any atom is 0.421 e. The van der Waals surface area contributed by atoms with E-state index in [1.165, 1.54) is 19.2 Å². The molecule has 0 atom stereocenters. The van der Waals surface area contributed by atoms with Crippen LogP contribution < -0.4 is 20.3 Å². The topological polar surface area (TPSA) is 69.6 Å². The van der Waals surface area contributed by atoms with Crippen molar-refractivity contribution in [2.75, 3.05) is 12.4 Å². The molecular weight excluding hydrogens is 379 g/mol. The van der Waals surface area contributed by atoms with Crippen LogP contribution in [0.4, 0.5) is 27.6 Å². The fraction of sp³-hybridized carbons (Fsp3) is 0.250. The maximum atomic E-state index is 12.7. The first kappa shape index (κ1) is 20.2. The third-order valence-electron chi connectivity index (χ3n) is 3.30. The van der Waals surface area contributed by atoms with Gasteiger partial charge in [0.2, 0.25) is 5.91 Å². The lowest BCUT2D eigenvalue weighted by Gasteiger charge is -2.13. The summed E-state index contributed by atoms with van der Waals surface area (Å²) in [5.74, 6) is -1.20. The Hall–Kier alpha value is -3.11. The molecule has 0 aliphatic carbocycles. The van der Waals surface area contributed by atoms with Crippen molar-refractivity contribution >= 4 is 11.6 Å². The third-order valence-corrected chi connectivity index (χ3v) is 3.30. The second-order valence-corrected chi connectivity index (χ2v) is 5.14. The van der Waals surface area contributed by atoms with Gasteiger partial charge in [-0.2, -0.15) is 22.0 Å². The van der Waals surface area contributed by atoms with E-state index in [-0.39, 0.29) is 17.2 Å². The molecule has 1 amide bonds. The number of anilines is 1. The minimum absolute atomic E-state index is 0.0117. The Morgan fingerprint density at radius 2 is 1.93 bits per heavy atom. The van der Waals surface area contributed by atoms with Gasteiger partial charge in [0, 0.05) is 18.0 Å². The van der Waals surface area contributed by atoms with Gasteiger partial charge in [0.15, 0.2) is 11.5 Å². The summed E-state index contributed by atoms with van der Waals surface area (Å²) < 4.78 is 72.7. The number of rotatable bonds is 6. The molecule has 0 saturated heterocycles. The Kier molecular flexibility index (Phi) is 6.03. The van der Waals surface area contributed by atoms with E-state index in [1.807, 2.05) is 0 Å². The summed E-state index contributed by atoms with van der Waals surface area (Å²) >= 11 is 0. The zero-order valence-corrected chi connectivity index (χ0v) is 13.7. The Morgan fingerprint density at radius 1 is 1.22 bits per heavy atom. The lowest BCUT2D eigenvalue weighted by Crippen LogP contribution is -2.31. The van der Waals surface area contributed by atoms with Gasteiger partial charge in [-0.05, 0) is 24.3 Å². The number of nitrogens with zero attached hydrogens (tertiary/aromatic N) is 1. The molecule has 0 aliphatic heterocycles. The molecule has 0 aliphatic rings. The van der Waals surface area contributed by atoms with Crippen LogP contribution in [0.5, 0.6) is 11.5 Å². The SMILES string of the molecule is COc1ccc(NC(=O)Cn2cccc(C(F)(F)F)c2=O)cc1OC(F)F. The molecule has 11 heteroatoms. The van der Waals surface area contributed by atoms with Crippen molar-refractivity contribution in [3.63, 3.8) is 0 Å². The number of methoxy groups -OCH3 is 1. The number of halogens is 5. The van der Waals surface area contributed by atoms with Gasteiger partial charge in [0.05, 0.1) is 7.11 Å². The lowest BCUT2D eigenvalue weighted by atomic mass is 10.2. The van der Waals surface area contributed by atoms with E-state index in [0.29, 0.717) is 10.6 Å². The average molecular weight is 392 g/mol. The van der Waals surface area contributed by atoms with E-state index in [2.05, 4.69) is 10.1 Å². The Morgan fingerprint density at radius 3 is 2.52 bits per heavy atom. The Bertz CT molecular complexity index is 880. The predicted molar refractivity (Wildman–Crippen MR) is 84.0 cm³/mol. The highest BCUT2D eigenvalue weighted by Crippen LogP contribution is 2.31. The molecule has 1 N–H and O–H groups in total. The van der Waals surface area contributed by atoms with Gasteiger partial charge in [0.25, 0.3) is 5.56 Å². The molecule has 27 heavy (non-hydrogen) atoms. The van der Waals surface area contributed by atoms with Crippen LogP contribution >= 0.6 is 0 Å². The van der Waals surface area contributed by atoms with Crippen molar-refractivity contribution in [2.24, 2.45) is 0 Å². The number of hydrogen-bond acceptors (Lipinski definition) is 4. The fourth-order valence-electron chi connectivity index (χ4n) is 2.17. The van der Waals surface area contributed by atoms with Gasteiger partial charge in [-0.3, -0.25) is 9.59 Å². The standard InChI is InChI=1S/C16H13F5N2O4/c1-26-11-5-4-9(7-12(11)27-15(17)18)22-13(24)8-23-6-2-3-10(14(23)25)16(19,20)21/h2-7,15H,8H2,1H3,(H,22,24). The molecule has 0 radical (unpaired) electrons. The number of aromatic nitrogens is 1. The molecule has 0 fully saturated rings. The number of amides is 1. The molecule has 0 bridgehead atoms. The van der Waals surface area contributed by atoms with E-state index in [0.717, 1.165) is 18.3 Å². The molecule has 6 nitrogen and oxygen atoms in total. The van der Waals surface area contributed by atoms with Crippen molar-refractivity contribution in [3.8, 4) is 11.5 Å². The molecule has 146 valence electrons. The number of pyridine rings is 1. The zero-order valence-electron chi connectivity index (χ0n) is 13.7. The van der Waals surface area contributed by atoms with Gasteiger partial charge in [-0.15, -0.1) is 0 Å². The molecule has 0 spiro atoms. The minimum Gasteiger partial charge on any atom is -0.493 e. The van der Waals surface area contributed by atoms with Crippen LogP contribution in [0.1, 0.15) is 5.56 Å². The molecule has 1 aromatic carbocycles. The van der Waals surface area contributed by atoms with Crippen LogP contribution in [-0.2, 0) is 17.5 Å². The Labute approximate surface area is 149 Å². The largest absolute Gasteiger partial charge is 0.493 e. The highest BCUT2D eigenvalue weighted by molar-refractivity contribution is 5.90. The van der Waals surface area contributed by atoms with Crippen molar-refractivity contribution in [1.82, 2.24) is 4.57 Å². The molecule has 1 heterocycles. The lowest BCUT2D eigenvalue weighted by molar-refractivity contribution is -0.139. The molecule has 1 aromatic heterocycles. The fourth-order valence-corrected chi connectivity index (χ4v) is 2.17. The summed E-state index contributed by atoms with van der Waals surface area (Å²) in [6.07, 6.45) is -3.83. The highest BCUT2D eigenvalue weighted by Gasteiger charge is 2.34. The summed E-state index contributed by atoms with van der Waals surface area (Å²) in [6, 6.07) is 5.21. The molecule has 2 aromatic rings. The van der Waals surface area contributed by atoms with Crippen LogP contribution in [0.2, 0.25) is 0 Å². The van der Waals surface area contributed by atoms with Gasteiger partial charge in [-0.1, -0.05) is 0 Å². The summed E-state index contributed by atoms with van der Waals surface area (Å²) in [5.41, 5.74) is -2.76. The Balaban J connectivity index is 2.18. The average Bonchev–Trinajstić information content (AvgIpc) is 2.55. The second kappa shape index (κ2) is 8.06. The number of alkyl halides is 5. The molecule has 0 unspecified atom stereocenters. The van der Waals surface area contributed by atoms with E-state index in [1.54, 1.807) is 0 Å². The smallest absolute Gasteiger partial charge is 0.421 e. The summed E-state index contributed by atoms with van der Waals surface area (Å²) in [4.78, 5) is 23.8. The van der Waals surface area contributed by atoms with Crippen LogP contribution in [0.15, 0.2) is 41.3 Å². The quantitative estimate of drug-likeness (QED) is 0.767. The van der Waals surface area contributed by atoms with Crippen molar-refractivity contribution in [3.05, 3.63) is 52.4 Å². The molecule has 2 rings (SSSR count). The number of hydrogen-bond donors (Lipinski definition) is 1. The first-order valence-corrected chi connectivity index (χ1v) is 7.31. The van der Waals surface area contributed by atoms with Crippen molar-refractivity contribution < 1.29 is 36.2 Å². The van der Waals surface area contributed by atoms with Crippen molar-refractivity contribution in [2.45, 2.75) is 19.3 Å². The number of carbonyl (C=O) groups is 1. The summed E-state index contributed by atoms with van der Waals surface area (Å²) in [6.45, 7) is -3.84. The second-order valence-electron chi connectivity index (χ2n) is 5.14. The van der Waals surface area contributed by atoms with Crippen LogP contribution in [-0.4, -0.2) is 24.2 Å². The number of ether oxygens (including phenoxy) is 2. The van der Waals surface area contributed by atoms with E-state index in [9.17, 15) is 31.5 Å². The van der Waals surface area contributed by atoms with Gasteiger partial charge in [-0.25, -0.2) is 0 Å². The minimum atomic E-state index is -4.85. The van der Waals surface area contributed by atoms with E-state index >= 15 is 0 Å². The first-order valence-electron chi connectivity index (χ1n) is 7.31. The van der Waals surface area contributed by atoms with Crippen LogP contribution in [0.25, 0.3) is 0 Å². The maximum absolute atomic E-state index is 12.7. The normalized spacial score (nSPS) is 11.4.